The molecule has 0 aliphatic carbocycles. The smallest absolute Gasteiger partial charge is 0.339 e. The maximum atomic E-state index is 13.1. The number of aromatic amines is 1. The van der Waals surface area contributed by atoms with Crippen molar-refractivity contribution in [1.29, 1.82) is 0 Å². The van der Waals surface area contributed by atoms with Gasteiger partial charge in [-0.15, -0.1) is 0 Å². The first-order valence-electron chi connectivity index (χ1n) is 5.24. The summed E-state index contributed by atoms with van der Waals surface area (Å²) in [6.45, 7) is 0. The Hall–Kier alpha value is -2.56. The van der Waals surface area contributed by atoms with Crippen LogP contribution in [-0.4, -0.2) is 16.1 Å². The Morgan fingerprint density at radius 1 is 1.28 bits per heavy atom. The Morgan fingerprint density at radius 3 is 2.89 bits per heavy atom. The van der Waals surface area contributed by atoms with E-state index >= 15 is 0 Å². The molecule has 3 rings (SSSR count). The summed E-state index contributed by atoms with van der Waals surface area (Å²) in [5.41, 5.74) is 1.30. The lowest BCUT2D eigenvalue weighted by Gasteiger charge is -1.94. The summed E-state index contributed by atoms with van der Waals surface area (Å²) in [5.74, 6) is -1.17. The summed E-state index contributed by atoms with van der Waals surface area (Å²) < 4.78 is 18.2. The number of H-pyrrole nitrogens is 1. The minimum atomic E-state index is -1.07. The first-order valence-corrected chi connectivity index (χ1v) is 5.24. The van der Waals surface area contributed by atoms with E-state index in [1.54, 1.807) is 12.1 Å². The minimum absolute atomic E-state index is 0.0713. The van der Waals surface area contributed by atoms with E-state index in [4.69, 9.17) is 9.52 Å². The van der Waals surface area contributed by atoms with Crippen molar-refractivity contribution in [2.45, 2.75) is 0 Å². The van der Waals surface area contributed by atoms with Gasteiger partial charge in [-0.1, -0.05) is 0 Å². The van der Waals surface area contributed by atoms with Crippen LogP contribution in [0.5, 0.6) is 0 Å². The SMILES string of the molecule is O=C(O)c1ccoc1-c1cc2cc(F)ccc2[nH]1. The molecule has 2 heterocycles. The summed E-state index contributed by atoms with van der Waals surface area (Å²) in [6.07, 6.45) is 1.31. The molecule has 0 saturated heterocycles. The number of furan rings is 1. The first kappa shape index (κ1) is 10.6. The summed E-state index contributed by atoms with van der Waals surface area (Å²) in [6, 6.07) is 7.34. The Labute approximate surface area is 101 Å². The third-order valence-corrected chi connectivity index (χ3v) is 2.72. The number of halogens is 1. The number of carbonyl (C=O) groups is 1. The van der Waals surface area contributed by atoms with Gasteiger partial charge in [0.25, 0.3) is 0 Å². The van der Waals surface area contributed by atoms with E-state index in [-0.39, 0.29) is 17.1 Å². The monoisotopic (exact) mass is 245 g/mol. The number of fused-ring (bicyclic) bond motifs is 1. The van der Waals surface area contributed by atoms with Gasteiger partial charge >= 0.3 is 5.97 Å². The van der Waals surface area contributed by atoms with Crippen LogP contribution in [0.2, 0.25) is 0 Å². The van der Waals surface area contributed by atoms with Crippen LogP contribution in [0.25, 0.3) is 22.4 Å². The van der Waals surface area contributed by atoms with Crippen molar-refractivity contribution in [3.63, 3.8) is 0 Å². The quantitative estimate of drug-likeness (QED) is 0.728. The maximum absolute atomic E-state index is 13.1. The Bertz CT molecular complexity index is 742. The molecular formula is C13H8FNO3. The molecule has 0 unspecified atom stereocenters. The zero-order valence-electron chi connectivity index (χ0n) is 9.11. The highest BCUT2D eigenvalue weighted by molar-refractivity contribution is 5.95. The number of carboxylic acids is 1. The van der Waals surface area contributed by atoms with Crippen LogP contribution in [-0.2, 0) is 0 Å². The topological polar surface area (TPSA) is 66.2 Å². The molecule has 2 N–H and O–H groups in total. The molecule has 0 aliphatic heterocycles. The number of aromatic nitrogens is 1. The molecule has 0 spiro atoms. The highest BCUT2D eigenvalue weighted by Crippen LogP contribution is 2.28. The lowest BCUT2D eigenvalue weighted by molar-refractivity contribution is 0.0697. The molecule has 2 aromatic heterocycles. The molecule has 18 heavy (non-hydrogen) atoms. The zero-order chi connectivity index (χ0) is 12.7. The molecule has 0 atom stereocenters. The van der Waals surface area contributed by atoms with Crippen LogP contribution in [0, 0.1) is 5.82 Å². The van der Waals surface area contributed by atoms with Crippen molar-refractivity contribution in [2.24, 2.45) is 0 Å². The zero-order valence-corrected chi connectivity index (χ0v) is 9.11. The Balaban J connectivity index is 2.19. The molecule has 0 amide bonds. The van der Waals surface area contributed by atoms with E-state index in [0.717, 1.165) is 5.52 Å². The van der Waals surface area contributed by atoms with Crippen LogP contribution in [0.3, 0.4) is 0 Å². The van der Waals surface area contributed by atoms with E-state index in [2.05, 4.69) is 4.98 Å². The van der Waals surface area contributed by atoms with Crippen molar-refractivity contribution in [3.8, 4) is 11.5 Å². The van der Waals surface area contributed by atoms with Gasteiger partial charge in [0.05, 0.1) is 12.0 Å². The fraction of sp³-hybridized carbons (Fsp3) is 0. The summed E-state index contributed by atoms with van der Waals surface area (Å²) in [5, 5.41) is 9.67. The minimum Gasteiger partial charge on any atom is -0.478 e. The third-order valence-electron chi connectivity index (χ3n) is 2.72. The fourth-order valence-corrected chi connectivity index (χ4v) is 1.91. The number of carboxylic acid groups (broad SMARTS) is 1. The number of hydrogen-bond donors (Lipinski definition) is 2. The fourth-order valence-electron chi connectivity index (χ4n) is 1.91. The molecule has 5 heteroatoms. The van der Waals surface area contributed by atoms with E-state index in [1.807, 2.05) is 0 Å². The predicted octanol–water partition coefficient (Wildman–Crippen LogP) is 3.27. The first-order chi connectivity index (χ1) is 8.65. The van der Waals surface area contributed by atoms with Crippen LogP contribution in [0.15, 0.2) is 41.0 Å². The second-order valence-electron chi connectivity index (χ2n) is 3.88. The molecule has 1 aromatic carbocycles. The van der Waals surface area contributed by atoms with Crippen LogP contribution in [0.4, 0.5) is 4.39 Å². The normalized spacial score (nSPS) is 10.9. The average Bonchev–Trinajstić information content (AvgIpc) is 2.93. The second-order valence-corrected chi connectivity index (χ2v) is 3.88. The van der Waals surface area contributed by atoms with E-state index in [1.165, 1.54) is 24.5 Å². The van der Waals surface area contributed by atoms with Gasteiger partial charge in [-0.05, 0) is 30.3 Å². The van der Waals surface area contributed by atoms with Gasteiger partial charge in [-0.2, -0.15) is 0 Å². The molecule has 0 aliphatic rings. The van der Waals surface area contributed by atoms with Crippen LogP contribution >= 0.6 is 0 Å². The number of nitrogens with one attached hydrogen (secondary N) is 1. The molecule has 0 fully saturated rings. The predicted molar refractivity (Wildman–Crippen MR) is 62.9 cm³/mol. The van der Waals surface area contributed by atoms with E-state index in [9.17, 15) is 9.18 Å². The van der Waals surface area contributed by atoms with Gasteiger partial charge in [0, 0.05) is 10.9 Å². The van der Waals surface area contributed by atoms with Crippen LogP contribution < -0.4 is 0 Å². The van der Waals surface area contributed by atoms with Crippen molar-refractivity contribution >= 4 is 16.9 Å². The highest BCUT2D eigenvalue weighted by Gasteiger charge is 2.16. The van der Waals surface area contributed by atoms with Crippen molar-refractivity contribution < 1.29 is 18.7 Å². The van der Waals surface area contributed by atoms with Gasteiger partial charge in [-0.25, -0.2) is 9.18 Å². The average molecular weight is 245 g/mol. The van der Waals surface area contributed by atoms with Gasteiger partial charge in [0.15, 0.2) is 5.76 Å². The summed E-state index contributed by atoms with van der Waals surface area (Å²) in [7, 11) is 0. The Kier molecular flexibility index (Phi) is 2.19. The lowest BCUT2D eigenvalue weighted by atomic mass is 10.2. The molecule has 0 bridgehead atoms. The second kappa shape index (κ2) is 3.73. The number of benzene rings is 1. The van der Waals surface area contributed by atoms with Crippen molar-refractivity contribution in [2.75, 3.05) is 0 Å². The van der Waals surface area contributed by atoms with Crippen molar-refractivity contribution in [1.82, 2.24) is 4.98 Å². The number of aromatic carboxylic acids is 1. The van der Waals surface area contributed by atoms with Crippen LogP contribution in [0.1, 0.15) is 10.4 Å². The molecular weight excluding hydrogens is 237 g/mol. The molecule has 0 radical (unpaired) electrons. The molecule has 4 nitrogen and oxygen atoms in total. The van der Waals surface area contributed by atoms with E-state index in [0.29, 0.717) is 11.1 Å². The summed E-state index contributed by atoms with van der Waals surface area (Å²) >= 11 is 0. The molecule has 90 valence electrons. The van der Waals surface area contributed by atoms with E-state index < -0.39 is 5.97 Å². The van der Waals surface area contributed by atoms with Gasteiger partial charge < -0.3 is 14.5 Å². The number of rotatable bonds is 2. The maximum Gasteiger partial charge on any atom is 0.339 e. The largest absolute Gasteiger partial charge is 0.478 e. The third kappa shape index (κ3) is 1.57. The van der Waals surface area contributed by atoms with Crippen molar-refractivity contribution in [3.05, 3.63) is 48.0 Å². The van der Waals surface area contributed by atoms with Gasteiger partial charge in [-0.3, -0.25) is 0 Å². The number of hydrogen-bond acceptors (Lipinski definition) is 2. The standard InChI is InChI=1S/C13H8FNO3/c14-8-1-2-10-7(5-8)6-11(15-10)12-9(13(16)17)3-4-18-12/h1-6,15H,(H,16,17). The highest BCUT2D eigenvalue weighted by atomic mass is 19.1. The van der Waals surface area contributed by atoms with Gasteiger partial charge in [0.1, 0.15) is 11.4 Å². The molecule has 0 saturated carbocycles. The van der Waals surface area contributed by atoms with Gasteiger partial charge in [0.2, 0.25) is 0 Å². The summed E-state index contributed by atoms with van der Waals surface area (Å²) in [4.78, 5) is 14.0. The Morgan fingerprint density at radius 2 is 2.11 bits per heavy atom. The lowest BCUT2D eigenvalue weighted by Crippen LogP contribution is -1.95. The molecule has 3 aromatic rings.